The highest BCUT2D eigenvalue weighted by molar-refractivity contribution is 7.17. The minimum absolute atomic E-state index is 0.101. The zero-order chi connectivity index (χ0) is 21.6. The van der Waals surface area contributed by atoms with Crippen LogP contribution in [0.15, 0.2) is 65.7 Å². The zero-order valence-corrected chi connectivity index (χ0v) is 18.2. The number of rotatable bonds is 7. The van der Waals surface area contributed by atoms with Gasteiger partial charge in [-0.05, 0) is 24.5 Å². The normalized spacial score (nSPS) is 14.8. The van der Waals surface area contributed by atoms with Crippen molar-refractivity contribution >= 4 is 28.2 Å². The SMILES string of the molecule is Cc1nc(N2CCN(Cc3ccccc3)C2=NC#N)sc1C(=O)CCc1ccccc1. The van der Waals surface area contributed by atoms with Gasteiger partial charge in [-0.1, -0.05) is 72.0 Å². The summed E-state index contributed by atoms with van der Waals surface area (Å²) in [5.74, 6) is 0.688. The van der Waals surface area contributed by atoms with Crippen LogP contribution in [0.1, 0.15) is 32.9 Å². The fourth-order valence-electron chi connectivity index (χ4n) is 3.67. The average Bonchev–Trinajstić information content (AvgIpc) is 3.37. The first-order valence-electron chi connectivity index (χ1n) is 10.2. The maximum Gasteiger partial charge on any atom is 0.219 e. The van der Waals surface area contributed by atoms with Crippen LogP contribution in [0.25, 0.3) is 0 Å². The lowest BCUT2D eigenvalue weighted by atomic mass is 10.1. The van der Waals surface area contributed by atoms with Crippen molar-refractivity contribution in [2.24, 2.45) is 4.99 Å². The van der Waals surface area contributed by atoms with Crippen molar-refractivity contribution in [3.63, 3.8) is 0 Å². The van der Waals surface area contributed by atoms with Crippen LogP contribution in [0.5, 0.6) is 0 Å². The molecule has 7 heteroatoms. The minimum Gasteiger partial charge on any atom is -0.335 e. The van der Waals surface area contributed by atoms with E-state index in [-0.39, 0.29) is 5.78 Å². The maximum absolute atomic E-state index is 12.8. The van der Waals surface area contributed by atoms with E-state index >= 15 is 0 Å². The monoisotopic (exact) mass is 429 g/mol. The molecule has 1 saturated heterocycles. The molecule has 0 atom stereocenters. The number of hydrogen-bond donors (Lipinski definition) is 0. The molecule has 31 heavy (non-hydrogen) atoms. The fraction of sp³-hybridized carbons (Fsp3) is 0.250. The van der Waals surface area contributed by atoms with Gasteiger partial charge in [-0.15, -0.1) is 4.99 Å². The van der Waals surface area contributed by atoms with E-state index in [0.717, 1.165) is 23.4 Å². The molecule has 0 unspecified atom stereocenters. The molecule has 2 heterocycles. The minimum atomic E-state index is 0.101. The molecular weight excluding hydrogens is 406 g/mol. The van der Waals surface area contributed by atoms with Gasteiger partial charge in [0.1, 0.15) is 0 Å². The molecule has 1 aliphatic rings. The first-order valence-corrected chi connectivity index (χ1v) is 11.0. The molecule has 0 saturated carbocycles. The molecule has 1 aliphatic heterocycles. The number of nitrogens with zero attached hydrogens (tertiary/aromatic N) is 5. The molecule has 1 fully saturated rings. The van der Waals surface area contributed by atoms with Gasteiger partial charge < -0.3 is 4.90 Å². The van der Waals surface area contributed by atoms with Crippen molar-refractivity contribution in [2.75, 3.05) is 18.0 Å². The molecule has 6 nitrogen and oxygen atoms in total. The van der Waals surface area contributed by atoms with E-state index in [2.05, 4.69) is 27.0 Å². The van der Waals surface area contributed by atoms with Gasteiger partial charge in [0.15, 0.2) is 10.9 Å². The van der Waals surface area contributed by atoms with Crippen LogP contribution >= 0.6 is 11.3 Å². The van der Waals surface area contributed by atoms with E-state index in [4.69, 9.17) is 0 Å². The van der Waals surface area contributed by atoms with E-state index < -0.39 is 0 Å². The largest absolute Gasteiger partial charge is 0.335 e. The molecule has 0 spiro atoms. The van der Waals surface area contributed by atoms with Crippen molar-refractivity contribution in [2.45, 2.75) is 26.3 Å². The average molecular weight is 430 g/mol. The summed E-state index contributed by atoms with van der Waals surface area (Å²) in [4.78, 5) is 26.3. The number of anilines is 1. The number of benzene rings is 2. The number of thiazole rings is 1. The fourth-order valence-corrected chi connectivity index (χ4v) is 4.73. The van der Waals surface area contributed by atoms with Crippen molar-refractivity contribution in [1.29, 1.82) is 5.26 Å². The molecular formula is C24H23N5OS. The van der Waals surface area contributed by atoms with Gasteiger partial charge in [0.25, 0.3) is 0 Å². The van der Waals surface area contributed by atoms with Crippen molar-refractivity contribution in [1.82, 2.24) is 9.88 Å². The number of hydrogen-bond acceptors (Lipinski definition) is 5. The quantitative estimate of drug-likeness (QED) is 0.410. The van der Waals surface area contributed by atoms with Crippen LogP contribution in [0.2, 0.25) is 0 Å². The summed E-state index contributed by atoms with van der Waals surface area (Å²) in [6, 6.07) is 20.1. The Kier molecular flexibility index (Phi) is 6.39. The highest BCUT2D eigenvalue weighted by atomic mass is 32.1. The topological polar surface area (TPSA) is 72.6 Å². The Hall–Kier alpha value is -3.50. The summed E-state index contributed by atoms with van der Waals surface area (Å²) in [6.45, 7) is 3.96. The lowest BCUT2D eigenvalue weighted by molar-refractivity contribution is 0.0986. The third-order valence-electron chi connectivity index (χ3n) is 5.24. The molecule has 0 radical (unpaired) electrons. The highest BCUT2D eigenvalue weighted by Gasteiger charge is 2.31. The van der Waals surface area contributed by atoms with Crippen molar-refractivity contribution in [3.8, 4) is 6.19 Å². The van der Waals surface area contributed by atoms with Gasteiger partial charge in [-0.2, -0.15) is 5.26 Å². The predicted molar refractivity (Wildman–Crippen MR) is 123 cm³/mol. The Morgan fingerprint density at radius 1 is 1.10 bits per heavy atom. The Balaban J connectivity index is 1.49. The third-order valence-corrected chi connectivity index (χ3v) is 6.46. The number of aromatic nitrogens is 1. The molecule has 4 rings (SSSR count). The number of carbonyl (C=O) groups is 1. The molecule has 0 N–H and O–H groups in total. The zero-order valence-electron chi connectivity index (χ0n) is 17.4. The number of aliphatic imine (C=N–C) groups is 1. The van der Waals surface area contributed by atoms with E-state index in [1.807, 2.05) is 66.5 Å². The number of aryl methyl sites for hydroxylation is 2. The summed E-state index contributed by atoms with van der Waals surface area (Å²) in [5.41, 5.74) is 3.04. The van der Waals surface area contributed by atoms with Crippen molar-refractivity contribution in [3.05, 3.63) is 82.4 Å². The van der Waals surface area contributed by atoms with Gasteiger partial charge in [-0.3, -0.25) is 9.69 Å². The van der Waals surface area contributed by atoms with Crippen LogP contribution < -0.4 is 4.90 Å². The van der Waals surface area contributed by atoms with E-state index in [0.29, 0.717) is 41.9 Å². The molecule has 156 valence electrons. The van der Waals surface area contributed by atoms with Gasteiger partial charge >= 0.3 is 0 Å². The Morgan fingerprint density at radius 2 is 1.77 bits per heavy atom. The Labute approximate surface area is 186 Å². The lowest BCUT2D eigenvalue weighted by Gasteiger charge is -2.20. The van der Waals surface area contributed by atoms with Crippen LogP contribution in [-0.2, 0) is 13.0 Å². The number of guanidine groups is 1. The first-order chi connectivity index (χ1) is 15.2. The van der Waals surface area contributed by atoms with Gasteiger partial charge in [0.2, 0.25) is 12.2 Å². The molecule has 1 aromatic heterocycles. The third kappa shape index (κ3) is 4.81. The van der Waals surface area contributed by atoms with E-state index in [9.17, 15) is 10.1 Å². The highest BCUT2D eigenvalue weighted by Crippen LogP contribution is 2.30. The Morgan fingerprint density at radius 3 is 2.45 bits per heavy atom. The van der Waals surface area contributed by atoms with Gasteiger partial charge in [-0.25, -0.2) is 4.98 Å². The first kappa shape index (κ1) is 20.8. The standard InChI is InChI=1S/C24H23N5OS/c1-18-22(21(30)13-12-19-8-4-2-5-9-19)31-24(27-18)29-15-14-28(23(29)26-17-25)16-20-10-6-3-7-11-20/h2-11H,12-16H2,1H3. The summed E-state index contributed by atoms with van der Waals surface area (Å²) in [5, 5.41) is 9.95. The second kappa shape index (κ2) is 9.54. The predicted octanol–water partition coefficient (Wildman–Crippen LogP) is 4.43. The van der Waals surface area contributed by atoms with Crippen LogP contribution in [0.3, 0.4) is 0 Å². The number of Topliss-reactive ketones (excluding diaryl/α,β-unsaturated/α-hetero) is 1. The summed E-state index contributed by atoms with van der Waals surface area (Å²) >= 11 is 1.39. The number of nitriles is 1. The second-order valence-corrected chi connectivity index (χ2v) is 8.37. The molecule has 2 aromatic carbocycles. The molecule has 0 amide bonds. The Bertz CT molecular complexity index is 1120. The second-order valence-electron chi connectivity index (χ2n) is 7.39. The van der Waals surface area contributed by atoms with Crippen LogP contribution in [0, 0.1) is 18.4 Å². The maximum atomic E-state index is 12.8. The van der Waals surface area contributed by atoms with E-state index in [1.165, 1.54) is 11.3 Å². The number of carbonyl (C=O) groups excluding carboxylic acids is 1. The van der Waals surface area contributed by atoms with Crippen molar-refractivity contribution < 1.29 is 4.79 Å². The molecule has 0 aliphatic carbocycles. The summed E-state index contributed by atoms with van der Waals surface area (Å²) < 4.78 is 0. The van der Waals surface area contributed by atoms with Gasteiger partial charge in [0.05, 0.1) is 10.6 Å². The summed E-state index contributed by atoms with van der Waals surface area (Å²) in [6.07, 6.45) is 3.08. The van der Waals surface area contributed by atoms with E-state index in [1.54, 1.807) is 0 Å². The smallest absolute Gasteiger partial charge is 0.219 e. The summed E-state index contributed by atoms with van der Waals surface area (Å²) in [7, 11) is 0. The lowest BCUT2D eigenvalue weighted by Crippen LogP contribution is -2.33. The van der Waals surface area contributed by atoms with Crippen LogP contribution in [0.4, 0.5) is 5.13 Å². The van der Waals surface area contributed by atoms with Gasteiger partial charge in [0, 0.05) is 26.1 Å². The molecule has 3 aromatic rings. The number of ketones is 1. The molecule has 0 bridgehead atoms. The van der Waals surface area contributed by atoms with Crippen LogP contribution in [-0.4, -0.2) is 34.7 Å².